The van der Waals surface area contributed by atoms with Gasteiger partial charge in [0.1, 0.15) is 5.52 Å². The van der Waals surface area contributed by atoms with Crippen LogP contribution < -0.4 is 0 Å². The van der Waals surface area contributed by atoms with Crippen LogP contribution in [0.3, 0.4) is 0 Å². The Labute approximate surface area is 109 Å². The molecule has 0 unspecified atom stereocenters. The van der Waals surface area contributed by atoms with Gasteiger partial charge in [-0.1, -0.05) is 11.8 Å². The largest absolute Gasteiger partial charge is 0.462 e. The van der Waals surface area contributed by atoms with E-state index in [-0.39, 0.29) is 17.8 Å². The third-order valence-electron chi connectivity index (χ3n) is 2.01. The maximum atomic E-state index is 11.4. The third-order valence-corrected chi connectivity index (χ3v) is 2.91. The Hall–Kier alpha value is -1.69. The maximum absolute atomic E-state index is 11.4. The molecule has 0 amide bonds. The van der Waals surface area contributed by atoms with Gasteiger partial charge in [-0.05, 0) is 26.0 Å². The molecule has 0 saturated heterocycles. The third kappa shape index (κ3) is 3.40. The number of rotatable bonds is 4. The van der Waals surface area contributed by atoms with E-state index in [2.05, 4.69) is 15.0 Å². The highest BCUT2D eigenvalue weighted by Crippen LogP contribution is 2.17. The molecule has 5 nitrogen and oxygen atoms in total. The highest BCUT2D eigenvalue weighted by atomic mass is 32.2. The number of ether oxygens (including phenoxy) is 1. The Morgan fingerprint density at radius 2 is 2.11 bits per heavy atom. The van der Waals surface area contributed by atoms with E-state index in [0.717, 1.165) is 10.5 Å². The van der Waals surface area contributed by atoms with Crippen LogP contribution in [0.4, 0.5) is 0 Å². The van der Waals surface area contributed by atoms with Crippen LogP contribution in [0.2, 0.25) is 0 Å². The lowest BCUT2D eigenvalue weighted by Crippen LogP contribution is -2.13. The van der Waals surface area contributed by atoms with Gasteiger partial charge in [0, 0.05) is 12.4 Å². The number of esters is 1. The SMILES string of the molecule is CC(C)OC(=O)CSc1ccc2nccnc2n1. The number of nitrogens with zero attached hydrogens (tertiary/aromatic N) is 3. The van der Waals surface area contributed by atoms with E-state index in [9.17, 15) is 4.79 Å². The molecule has 2 rings (SSSR count). The van der Waals surface area contributed by atoms with Crippen molar-refractivity contribution >= 4 is 28.9 Å². The number of hydrogen-bond donors (Lipinski definition) is 0. The molecule has 0 atom stereocenters. The van der Waals surface area contributed by atoms with Crippen molar-refractivity contribution in [2.45, 2.75) is 25.0 Å². The lowest BCUT2D eigenvalue weighted by molar-refractivity contribution is -0.144. The molecule has 2 aromatic rings. The summed E-state index contributed by atoms with van der Waals surface area (Å²) in [6.45, 7) is 3.65. The molecule has 0 bridgehead atoms. The zero-order valence-electron chi connectivity index (χ0n) is 10.2. The molecule has 0 aromatic carbocycles. The van der Waals surface area contributed by atoms with Crippen LogP contribution in [0.1, 0.15) is 13.8 Å². The Bertz CT molecular complexity index is 560. The average molecular weight is 263 g/mol. The number of hydrogen-bond acceptors (Lipinski definition) is 6. The minimum absolute atomic E-state index is 0.0893. The highest BCUT2D eigenvalue weighted by molar-refractivity contribution is 7.99. The summed E-state index contributed by atoms with van der Waals surface area (Å²) < 4.78 is 5.04. The van der Waals surface area contributed by atoms with Crippen molar-refractivity contribution in [1.29, 1.82) is 0 Å². The fourth-order valence-electron chi connectivity index (χ4n) is 1.35. The number of aromatic nitrogens is 3. The van der Waals surface area contributed by atoms with Crippen molar-refractivity contribution in [2.75, 3.05) is 5.75 Å². The molecule has 0 N–H and O–H groups in total. The normalized spacial score (nSPS) is 10.8. The van der Waals surface area contributed by atoms with Gasteiger partial charge < -0.3 is 4.74 Å². The van der Waals surface area contributed by atoms with Crippen molar-refractivity contribution in [2.24, 2.45) is 0 Å². The molecule has 0 aliphatic carbocycles. The monoisotopic (exact) mass is 263 g/mol. The maximum Gasteiger partial charge on any atom is 0.316 e. The summed E-state index contributed by atoms with van der Waals surface area (Å²) >= 11 is 1.33. The molecule has 0 saturated carbocycles. The summed E-state index contributed by atoms with van der Waals surface area (Å²) in [5.74, 6) is 0.00720. The van der Waals surface area contributed by atoms with Crippen LogP contribution in [0.25, 0.3) is 11.2 Å². The second-order valence-electron chi connectivity index (χ2n) is 3.88. The molecule has 0 aliphatic rings. The summed E-state index contributed by atoms with van der Waals surface area (Å²) in [5.41, 5.74) is 1.33. The highest BCUT2D eigenvalue weighted by Gasteiger charge is 2.07. The zero-order valence-corrected chi connectivity index (χ0v) is 11.0. The van der Waals surface area contributed by atoms with E-state index in [1.165, 1.54) is 11.8 Å². The summed E-state index contributed by atoms with van der Waals surface area (Å²) in [6, 6.07) is 3.66. The van der Waals surface area contributed by atoms with Crippen LogP contribution in [-0.4, -0.2) is 32.8 Å². The molecule has 2 aromatic heterocycles. The molecule has 0 fully saturated rings. The van der Waals surface area contributed by atoms with E-state index in [4.69, 9.17) is 4.74 Å². The number of carbonyl (C=O) groups excluding carboxylic acids is 1. The van der Waals surface area contributed by atoms with Gasteiger partial charge in [-0.3, -0.25) is 9.78 Å². The Balaban J connectivity index is 2.01. The van der Waals surface area contributed by atoms with Crippen LogP contribution in [0.15, 0.2) is 29.6 Å². The number of carbonyl (C=O) groups is 1. The molecule has 6 heteroatoms. The quantitative estimate of drug-likeness (QED) is 0.621. The van der Waals surface area contributed by atoms with E-state index in [0.29, 0.717) is 5.65 Å². The van der Waals surface area contributed by atoms with E-state index < -0.39 is 0 Å². The van der Waals surface area contributed by atoms with Gasteiger partial charge in [0.05, 0.1) is 16.9 Å². The van der Waals surface area contributed by atoms with E-state index in [1.54, 1.807) is 12.4 Å². The van der Waals surface area contributed by atoms with Crippen LogP contribution in [0.5, 0.6) is 0 Å². The summed E-state index contributed by atoms with van der Waals surface area (Å²) in [4.78, 5) is 23.9. The predicted molar refractivity (Wildman–Crippen MR) is 69.3 cm³/mol. The van der Waals surface area contributed by atoms with Crippen LogP contribution in [-0.2, 0) is 9.53 Å². The smallest absolute Gasteiger partial charge is 0.316 e. The molecule has 0 radical (unpaired) electrons. The average Bonchev–Trinajstić information content (AvgIpc) is 2.35. The first-order valence-electron chi connectivity index (χ1n) is 5.55. The zero-order chi connectivity index (χ0) is 13.0. The van der Waals surface area contributed by atoms with Crippen molar-refractivity contribution in [3.05, 3.63) is 24.5 Å². The predicted octanol–water partition coefficient (Wildman–Crippen LogP) is 2.07. The Morgan fingerprint density at radius 3 is 2.89 bits per heavy atom. The first-order valence-corrected chi connectivity index (χ1v) is 6.54. The first-order chi connectivity index (χ1) is 8.65. The van der Waals surface area contributed by atoms with Crippen molar-refractivity contribution in [3.63, 3.8) is 0 Å². The topological polar surface area (TPSA) is 65.0 Å². The van der Waals surface area contributed by atoms with Gasteiger partial charge in [0.15, 0.2) is 5.65 Å². The lowest BCUT2D eigenvalue weighted by atomic mass is 10.4. The minimum Gasteiger partial charge on any atom is -0.462 e. The second kappa shape index (κ2) is 5.77. The molecule has 18 heavy (non-hydrogen) atoms. The molecule has 0 spiro atoms. The van der Waals surface area contributed by atoms with Crippen LogP contribution in [0, 0.1) is 0 Å². The van der Waals surface area contributed by atoms with Gasteiger partial charge in [0.25, 0.3) is 0 Å². The Kier molecular flexibility index (Phi) is 4.09. The number of pyridine rings is 1. The second-order valence-corrected chi connectivity index (χ2v) is 4.87. The van der Waals surface area contributed by atoms with Gasteiger partial charge in [0.2, 0.25) is 0 Å². The molecule has 2 heterocycles. The summed E-state index contributed by atoms with van der Waals surface area (Å²) in [7, 11) is 0. The Morgan fingerprint density at radius 1 is 1.33 bits per heavy atom. The first kappa shape index (κ1) is 12.8. The van der Waals surface area contributed by atoms with Gasteiger partial charge in [-0.2, -0.15) is 0 Å². The van der Waals surface area contributed by atoms with Crippen LogP contribution >= 0.6 is 11.8 Å². The number of thioether (sulfide) groups is 1. The fourth-order valence-corrected chi connectivity index (χ4v) is 2.00. The molecular formula is C12H13N3O2S. The van der Waals surface area contributed by atoms with Gasteiger partial charge >= 0.3 is 5.97 Å². The molecular weight excluding hydrogens is 250 g/mol. The van der Waals surface area contributed by atoms with Crippen molar-refractivity contribution < 1.29 is 9.53 Å². The lowest BCUT2D eigenvalue weighted by Gasteiger charge is -2.07. The van der Waals surface area contributed by atoms with E-state index in [1.807, 2.05) is 26.0 Å². The fraction of sp³-hybridized carbons (Fsp3) is 0.333. The van der Waals surface area contributed by atoms with Crippen molar-refractivity contribution in [3.8, 4) is 0 Å². The standard InChI is InChI=1S/C12H13N3O2S/c1-8(2)17-11(16)7-18-10-4-3-9-12(15-10)14-6-5-13-9/h3-6,8H,7H2,1-2H3. The van der Waals surface area contributed by atoms with Gasteiger partial charge in [-0.25, -0.2) is 9.97 Å². The van der Waals surface area contributed by atoms with E-state index >= 15 is 0 Å². The number of fused-ring (bicyclic) bond motifs is 1. The molecule has 0 aliphatic heterocycles. The summed E-state index contributed by atoms with van der Waals surface area (Å²) in [5, 5.41) is 0.740. The molecule has 94 valence electrons. The minimum atomic E-state index is -0.240. The summed E-state index contributed by atoms with van der Waals surface area (Å²) in [6.07, 6.45) is 3.13. The van der Waals surface area contributed by atoms with Crippen molar-refractivity contribution in [1.82, 2.24) is 15.0 Å². The van der Waals surface area contributed by atoms with Gasteiger partial charge in [-0.15, -0.1) is 0 Å².